The van der Waals surface area contributed by atoms with Gasteiger partial charge in [0, 0.05) is 10.6 Å². The van der Waals surface area contributed by atoms with Gasteiger partial charge in [-0.2, -0.15) is 0 Å². The van der Waals surface area contributed by atoms with E-state index >= 15 is 0 Å². The number of nitrogen functional groups attached to an aromatic ring is 1. The summed E-state index contributed by atoms with van der Waals surface area (Å²) in [5.74, 6) is -0.271. The van der Waals surface area contributed by atoms with Crippen molar-refractivity contribution in [2.24, 2.45) is 0 Å². The van der Waals surface area contributed by atoms with Crippen LogP contribution in [0.5, 0.6) is 0 Å². The van der Waals surface area contributed by atoms with Crippen molar-refractivity contribution in [2.45, 2.75) is 26.0 Å². The quantitative estimate of drug-likeness (QED) is 0.430. The molecule has 6 nitrogen and oxygen atoms in total. The van der Waals surface area contributed by atoms with Crippen molar-refractivity contribution in [3.8, 4) is 0 Å². The van der Waals surface area contributed by atoms with Crippen LogP contribution in [0.1, 0.15) is 47.5 Å². The van der Waals surface area contributed by atoms with Gasteiger partial charge in [-0.3, -0.25) is 4.79 Å². The highest BCUT2D eigenvalue weighted by Crippen LogP contribution is 2.21. The van der Waals surface area contributed by atoms with Gasteiger partial charge in [0.15, 0.2) is 0 Å². The van der Waals surface area contributed by atoms with Crippen LogP contribution in [0.25, 0.3) is 0 Å². The lowest BCUT2D eigenvalue weighted by molar-refractivity contribution is 0.101. The molecule has 0 saturated heterocycles. The highest BCUT2D eigenvalue weighted by atomic mass is 35.5. The second-order valence-electron chi connectivity index (χ2n) is 7.13. The van der Waals surface area contributed by atoms with Crippen LogP contribution >= 0.6 is 11.6 Å². The Morgan fingerprint density at radius 1 is 0.903 bits per heavy atom. The maximum Gasteiger partial charge on any atom is 0.408 e. The lowest BCUT2D eigenvalue weighted by Crippen LogP contribution is -2.28. The number of rotatable bonds is 6. The Balaban J connectivity index is 1.56. The van der Waals surface area contributed by atoms with E-state index in [1.807, 2.05) is 19.1 Å². The zero-order chi connectivity index (χ0) is 22.4. The molecule has 0 aliphatic carbocycles. The number of amides is 2. The van der Waals surface area contributed by atoms with Crippen molar-refractivity contribution in [1.82, 2.24) is 5.32 Å². The third kappa shape index (κ3) is 5.99. The standard InChI is InChI=1S/C24H24ClN3O3/c1-15(17-11-13-20(25)14-12-17)27-24(30)31-16(2)18-7-9-19(10-8-18)23(29)28-22-6-4-3-5-21(22)26/h3-16H,26H2,1-2H3,(H,27,30)(H,28,29)/t15-,16+/m0/s1. The van der Waals surface area contributed by atoms with Crippen molar-refractivity contribution in [1.29, 1.82) is 0 Å². The first-order chi connectivity index (χ1) is 14.8. The molecule has 2 atom stereocenters. The number of carbonyl (C=O) groups is 2. The molecular weight excluding hydrogens is 414 g/mol. The van der Waals surface area contributed by atoms with E-state index in [0.29, 0.717) is 22.0 Å². The molecule has 0 saturated carbocycles. The molecule has 0 aromatic heterocycles. The van der Waals surface area contributed by atoms with Gasteiger partial charge in [-0.15, -0.1) is 0 Å². The molecule has 160 valence electrons. The number of para-hydroxylation sites is 2. The van der Waals surface area contributed by atoms with Gasteiger partial charge in [-0.05, 0) is 61.4 Å². The molecule has 7 heteroatoms. The molecule has 31 heavy (non-hydrogen) atoms. The fourth-order valence-corrected chi connectivity index (χ4v) is 3.11. The molecule has 3 aromatic rings. The Hall–Kier alpha value is -3.51. The predicted octanol–water partition coefficient (Wildman–Crippen LogP) is 5.72. The average molecular weight is 438 g/mol. The number of benzene rings is 3. The minimum Gasteiger partial charge on any atom is -0.442 e. The summed E-state index contributed by atoms with van der Waals surface area (Å²) in [6.45, 7) is 3.63. The first-order valence-corrected chi connectivity index (χ1v) is 10.2. The maximum absolute atomic E-state index is 12.4. The van der Waals surface area contributed by atoms with Crippen LogP contribution < -0.4 is 16.4 Å². The average Bonchev–Trinajstić information content (AvgIpc) is 2.75. The van der Waals surface area contributed by atoms with Crippen molar-refractivity contribution in [3.05, 3.63) is 94.5 Å². The van der Waals surface area contributed by atoms with Gasteiger partial charge in [0.05, 0.1) is 17.4 Å². The van der Waals surface area contributed by atoms with Crippen LogP contribution in [0.15, 0.2) is 72.8 Å². The molecule has 0 heterocycles. The first kappa shape index (κ1) is 22.2. The molecule has 0 fully saturated rings. The van der Waals surface area contributed by atoms with Crippen LogP contribution in [0.2, 0.25) is 5.02 Å². The Bertz CT molecular complexity index is 1050. The van der Waals surface area contributed by atoms with Crippen molar-refractivity contribution < 1.29 is 14.3 Å². The molecule has 0 aliphatic heterocycles. The summed E-state index contributed by atoms with van der Waals surface area (Å²) in [5, 5.41) is 6.21. The van der Waals surface area contributed by atoms with Crippen LogP contribution in [0.4, 0.5) is 16.2 Å². The molecule has 0 bridgehead atoms. The highest BCUT2D eigenvalue weighted by Gasteiger charge is 2.16. The molecule has 4 N–H and O–H groups in total. The third-order valence-electron chi connectivity index (χ3n) is 4.84. The molecule has 0 radical (unpaired) electrons. The van der Waals surface area contributed by atoms with E-state index < -0.39 is 12.2 Å². The molecule has 3 rings (SSSR count). The number of carbonyl (C=O) groups excluding carboxylic acids is 2. The molecule has 0 unspecified atom stereocenters. The monoisotopic (exact) mass is 437 g/mol. The number of alkyl carbamates (subject to hydrolysis) is 1. The van der Waals surface area contributed by atoms with Crippen LogP contribution in [0.3, 0.4) is 0 Å². The van der Waals surface area contributed by atoms with E-state index in [4.69, 9.17) is 22.1 Å². The smallest absolute Gasteiger partial charge is 0.408 e. The fourth-order valence-electron chi connectivity index (χ4n) is 2.99. The zero-order valence-corrected chi connectivity index (χ0v) is 18.0. The van der Waals surface area contributed by atoms with E-state index in [0.717, 1.165) is 11.1 Å². The first-order valence-electron chi connectivity index (χ1n) is 9.82. The summed E-state index contributed by atoms with van der Waals surface area (Å²) in [5.41, 5.74) is 9.07. The highest BCUT2D eigenvalue weighted by molar-refractivity contribution is 6.30. The number of hydrogen-bond acceptors (Lipinski definition) is 4. The molecule has 0 aliphatic rings. The van der Waals surface area contributed by atoms with Crippen molar-refractivity contribution in [3.63, 3.8) is 0 Å². The van der Waals surface area contributed by atoms with Crippen molar-refractivity contribution in [2.75, 3.05) is 11.1 Å². The van der Waals surface area contributed by atoms with Gasteiger partial charge in [0.2, 0.25) is 0 Å². The van der Waals surface area contributed by atoms with E-state index in [1.165, 1.54) is 0 Å². The lowest BCUT2D eigenvalue weighted by atomic mass is 10.1. The van der Waals surface area contributed by atoms with Gasteiger partial charge in [-0.25, -0.2) is 4.79 Å². The van der Waals surface area contributed by atoms with Gasteiger partial charge in [0.1, 0.15) is 6.10 Å². The number of hydrogen-bond donors (Lipinski definition) is 3. The van der Waals surface area contributed by atoms with Gasteiger partial charge < -0.3 is 21.1 Å². The topological polar surface area (TPSA) is 93.4 Å². The number of nitrogens with one attached hydrogen (secondary N) is 2. The molecular formula is C24H24ClN3O3. The summed E-state index contributed by atoms with van der Waals surface area (Å²) in [7, 11) is 0. The summed E-state index contributed by atoms with van der Waals surface area (Å²) >= 11 is 5.89. The zero-order valence-electron chi connectivity index (χ0n) is 17.3. The van der Waals surface area contributed by atoms with E-state index in [9.17, 15) is 9.59 Å². The minimum atomic E-state index is -0.531. The Labute approximate surface area is 186 Å². The Morgan fingerprint density at radius 3 is 2.16 bits per heavy atom. The second-order valence-corrected chi connectivity index (χ2v) is 7.56. The van der Waals surface area contributed by atoms with Gasteiger partial charge in [-0.1, -0.05) is 48.0 Å². The molecule has 0 spiro atoms. The number of halogens is 1. The lowest BCUT2D eigenvalue weighted by Gasteiger charge is -2.18. The van der Waals surface area contributed by atoms with E-state index in [2.05, 4.69) is 10.6 Å². The number of ether oxygens (including phenoxy) is 1. The molecule has 3 aromatic carbocycles. The normalized spacial score (nSPS) is 12.5. The summed E-state index contributed by atoms with van der Waals surface area (Å²) in [4.78, 5) is 24.7. The van der Waals surface area contributed by atoms with Gasteiger partial charge >= 0.3 is 6.09 Å². The Morgan fingerprint density at radius 2 is 1.52 bits per heavy atom. The predicted molar refractivity (Wildman–Crippen MR) is 123 cm³/mol. The third-order valence-corrected chi connectivity index (χ3v) is 5.09. The largest absolute Gasteiger partial charge is 0.442 e. The van der Waals surface area contributed by atoms with Crippen molar-refractivity contribution >= 4 is 35.0 Å². The summed E-state index contributed by atoms with van der Waals surface area (Å²) < 4.78 is 5.47. The van der Waals surface area contributed by atoms with Crippen LogP contribution in [0, 0.1) is 0 Å². The fraction of sp³-hybridized carbons (Fsp3) is 0.167. The molecule has 2 amide bonds. The summed E-state index contributed by atoms with van der Waals surface area (Å²) in [6, 6.07) is 20.9. The van der Waals surface area contributed by atoms with Gasteiger partial charge in [0.25, 0.3) is 5.91 Å². The van der Waals surface area contributed by atoms with E-state index in [1.54, 1.807) is 67.6 Å². The maximum atomic E-state index is 12.4. The van der Waals surface area contributed by atoms with E-state index in [-0.39, 0.29) is 11.9 Å². The SMILES string of the molecule is C[C@H](NC(=O)O[C@H](C)c1ccc(C(=O)Nc2ccccc2N)cc1)c1ccc(Cl)cc1. The second kappa shape index (κ2) is 10.00. The minimum absolute atomic E-state index is 0.228. The number of nitrogens with two attached hydrogens (primary N) is 1. The summed E-state index contributed by atoms with van der Waals surface area (Å²) in [6.07, 6.45) is -1.02. The number of anilines is 2. The van der Waals surface area contributed by atoms with Crippen LogP contribution in [-0.4, -0.2) is 12.0 Å². The van der Waals surface area contributed by atoms with Crippen LogP contribution in [-0.2, 0) is 4.74 Å². The Kier molecular flexibility index (Phi) is 7.15.